The smallest absolute Gasteiger partial charge is 0.191 e. The first-order chi connectivity index (χ1) is 11.2. The maximum absolute atomic E-state index is 6.00. The van der Waals surface area contributed by atoms with Crippen LogP contribution in [0.25, 0.3) is 0 Å². The molecule has 23 heavy (non-hydrogen) atoms. The molecule has 0 unspecified atom stereocenters. The zero-order valence-corrected chi connectivity index (χ0v) is 14.9. The normalized spacial score (nSPS) is 17.8. The van der Waals surface area contributed by atoms with Crippen molar-refractivity contribution >= 4 is 17.6 Å². The van der Waals surface area contributed by atoms with Gasteiger partial charge in [0.2, 0.25) is 0 Å². The largest absolute Gasteiger partial charge is 0.355 e. The summed E-state index contributed by atoms with van der Waals surface area (Å²) in [5, 5.41) is 7.47. The Kier molecular flexibility index (Phi) is 7.65. The Bertz CT molecular complexity index is 506. The third-order valence-corrected chi connectivity index (χ3v) is 4.34. The highest BCUT2D eigenvalue weighted by Crippen LogP contribution is 2.10. The number of benzene rings is 1. The van der Waals surface area contributed by atoms with Crippen LogP contribution < -0.4 is 10.6 Å². The van der Waals surface area contributed by atoms with Crippen molar-refractivity contribution in [2.75, 3.05) is 53.4 Å². The van der Waals surface area contributed by atoms with Crippen molar-refractivity contribution < 1.29 is 0 Å². The summed E-state index contributed by atoms with van der Waals surface area (Å²) in [4.78, 5) is 9.19. The molecule has 0 radical (unpaired) electrons. The van der Waals surface area contributed by atoms with Gasteiger partial charge in [-0.25, -0.2) is 0 Å². The number of nitrogens with one attached hydrogen (secondary N) is 2. The van der Waals surface area contributed by atoms with E-state index in [1.807, 2.05) is 18.2 Å². The number of nitrogens with zero attached hydrogens (tertiary/aromatic N) is 3. The molecule has 1 saturated heterocycles. The second kappa shape index (κ2) is 9.75. The lowest BCUT2D eigenvalue weighted by Crippen LogP contribution is -2.42. The number of hydrogen-bond donors (Lipinski definition) is 2. The summed E-state index contributed by atoms with van der Waals surface area (Å²) in [6.45, 7) is 7.35. The van der Waals surface area contributed by atoms with E-state index in [2.05, 4.69) is 38.5 Å². The highest BCUT2D eigenvalue weighted by atomic mass is 35.5. The van der Waals surface area contributed by atoms with Crippen LogP contribution in [-0.4, -0.2) is 69.1 Å². The van der Waals surface area contributed by atoms with Crippen LogP contribution >= 0.6 is 11.6 Å². The van der Waals surface area contributed by atoms with Gasteiger partial charge in [0.05, 0.1) is 0 Å². The Hall–Kier alpha value is -1.30. The molecule has 5 nitrogen and oxygen atoms in total. The van der Waals surface area contributed by atoms with E-state index >= 15 is 0 Å². The fraction of sp³-hybridized carbons (Fsp3) is 0.588. The zero-order valence-electron chi connectivity index (χ0n) is 14.2. The van der Waals surface area contributed by atoms with E-state index in [-0.39, 0.29) is 0 Å². The molecule has 1 aliphatic heterocycles. The number of hydrogen-bond acceptors (Lipinski definition) is 3. The maximum Gasteiger partial charge on any atom is 0.191 e. The second-order valence-corrected chi connectivity index (χ2v) is 6.42. The first-order valence-corrected chi connectivity index (χ1v) is 8.65. The summed E-state index contributed by atoms with van der Waals surface area (Å²) in [7, 11) is 4.00. The van der Waals surface area contributed by atoms with Gasteiger partial charge in [0, 0.05) is 44.8 Å². The van der Waals surface area contributed by atoms with Crippen molar-refractivity contribution in [1.82, 2.24) is 20.4 Å². The van der Waals surface area contributed by atoms with Crippen molar-refractivity contribution in [1.29, 1.82) is 0 Å². The first-order valence-electron chi connectivity index (χ1n) is 8.27. The van der Waals surface area contributed by atoms with Gasteiger partial charge in [-0.2, -0.15) is 0 Å². The minimum Gasteiger partial charge on any atom is -0.355 e. The molecule has 0 saturated carbocycles. The molecule has 1 heterocycles. The van der Waals surface area contributed by atoms with Gasteiger partial charge in [0.1, 0.15) is 0 Å². The molecule has 6 heteroatoms. The highest BCUT2D eigenvalue weighted by Gasteiger charge is 2.11. The third-order valence-electron chi connectivity index (χ3n) is 4.11. The summed E-state index contributed by atoms with van der Waals surface area (Å²) in [6.07, 6.45) is 1.25. The number of rotatable bonds is 5. The Labute approximate surface area is 144 Å². The molecule has 1 fully saturated rings. The number of aliphatic imine (C=N–C) groups is 1. The van der Waals surface area contributed by atoms with E-state index in [1.54, 1.807) is 7.05 Å². The Balaban J connectivity index is 1.68. The average Bonchev–Trinajstić information content (AvgIpc) is 2.75. The maximum atomic E-state index is 6.00. The summed E-state index contributed by atoms with van der Waals surface area (Å²) < 4.78 is 0. The standard InChI is InChI=1S/C17H28ClN5/c1-19-17(21-14-15-5-3-6-16(18)13-15)20-7-10-23-9-4-8-22(2)11-12-23/h3,5-6,13H,4,7-12,14H2,1-2H3,(H2,19,20,21). The van der Waals surface area contributed by atoms with Crippen LogP contribution in [0.5, 0.6) is 0 Å². The molecule has 0 spiro atoms. The van der Waals surface area contributed by atoms with E-state index in [0.717, 1.165) is 49.3 Å². The summed E-state index contributed by atoms with van der Waals surface area (Å²) in [5.74, 6) is 0.830. The summed E-state index contributed by atoms with van der Waals surface area (Å²) >= 11 is 6.00. The van der Waals surface area contributed by atoms with Gasteiger partial charge in [0.25, 0.3) is 0 Å². The fourth-order valence-electron chi connectivity index (χ4n) is 2.71. The number of likely N-dealkylation sites (N-methyl/N-ethyl adjacent to an activating group) is 1. The van der Waals surface area contributed by atoms with Gasteiger partial charge in [-0.05, 0) is 44.3 Å². The van der Waals surface area contributed by atoms with Crippen molar-refractivity contribution in [3.63, 3.8) is 0 Å². The molecule has 1 aliphatic rings. The summed E-state index contributed by atoms with van der Waals surface area (Å²) in [6, 6.07) is 7.87. The van der Waals surface area contributed by atoms with Crippen LogP contribution in [0.4, 0.5) is 0 Å². The van der Waals surface area contributed by atoms with Crippen LogP contribution in [0.1, 0.15) is 12.0 Å². The van der Waals surface area contributed by atoms with Gasteiger partial charge in [-0.3, -0.25) is 4.99 Å². The molecule has 1 aromatic carbocycles. The minimum atomic E-state index is 0.717. The quantitative estimate of drug-likeness (QED) is 0.633. The molecule has 0 aliphatic carbocycles. The Morgan fingerprint density at radius 2 is 2.09 bits per heavy atom. The van der Waals surface area contributed by atoms with Crippen LogP contribution in [0, 0.1) is 0 Å². The van der Waals surface area contributed by atoms with Crippen molar-refractivity contribution in [2.24, 2.45) is 4.99 Å². The predicted molar refractivity (Wildman–Crippen MR) is 98.2 cm³/mol. The zero-order chi connectivity index (χ0) is 16.5. The molecule has 1 aromatic rings. The fourth-order valence-corrected chi connectivity index (χ4v) is 2.92. The van der Waals surface area contributed by atoms with Gasteiger partial charge >= 0.3 is 0 Å². The number of guanidine groups is 1. The van der Waals surface area contributed by atoms with E-state index in [9.17, 15) is 0 Å². The lowest BCUT2D eigenvalue weighted by atomic mass is 10.2. The van der Waals surface area contributed by atoms with Gasteiger partial charge in [-0.15, -0.1) is 0 Å². The van der Waals surface area contributed by atoms with Crippen LogP contribution in [-0.2, 0) is 6.54 Å². The van der Waals surface area contributed by atoms with E-state index < -0.39 is 0 Å². The summed E-state index contributed by atoms with van der Waals surface area (Å²) in [5.41, 5.74) is 1.15. The van der Waals surface area contributed by atoms with Crippen LogP contribution in [0.2, 0.25) is 5.02 Å². The Morgan fingerprint density at radius 1 is 1.22 bits per heavy atom. The molecule has 2 N–H and O–H groups in total. The minimum absolute atomic E-state index is 0.717. The molecular weight excluding hydrogens is 310 g/mol. The first kappa shape index (κ1) is 18.0. The van der Waals surface area contributed by atoms with Gasteiger partial charge < -0.3 is 20.4 Å². The predicted octanol–water partition coefficient (Wildman–Crippen LogP) is 1.64. The second-order valence-electron chi connectivity index (χ2n) is 5.98. The lowest BCUT2D eigenvalue weighted by molar-refractivity contribution is 0.280. The molecule has 2 rings (SSSR count). The van der Waals surface area contributed by atoms with Gasteiger partial charge in [-0.1, -0.05) is 23.7 Å². The SMILES string of the molecule is CN=C(NCCN1CCCN(C)CC1)NCc1cccc(Cl)c1. The average molecular weight is 338 g/mol. The molecule has 0 amide bonds. The molecule has 0 aromatic heterocycles. The molecule has 0 atom stereocenters. The van der Waals surface area contributed by atoms with Crippen molar-refractivity contribution in [3.8, 4) is 0 Å². The monoisotopic (exact) mass is 337 g/mol. The van der Waals surface area contributed by atoms with Crippen molar-refractivity contribution in [3.05, 3.63) is 34.9 Å². The topological polar surface area (TPSA) is 42.9 Å². The molecule has 128 valence electrons. The number of halogens is 1. The Morgan fingerprint density at radius 3 is 2.87 bits per heavy atom. The van der Waals surface area contributed by atoms with E-state index in [0.29, 0.717) is 0 Å². The highest BCUT2D eigenvalue weighted by molar-refractivity contribution is 6.30. The molecule has 0 bridgehead atoms. The third kappa shape index (κ3) is 6.77. The van der Waals surface area contributed by atoms with E-state index in [1.165, 1.54) is 19.5 Å². The van der Waals surface area contributed by atoms with Crippen LogP contribution in [0.3, 0.4) is 0 Å². The van der Waals surface area contributed by atoms with Gasteiger partial charge in [0.15, 0.2) is 5.96 Å². The van der Waals surface area contributed by atoms with Crippen molar-refractivity contribution in [2.45, 2.75) is 13.0 Å². The van der Waals surface area contributed by atoms with E-state index in [4.69, 9.17) is 11.6 Å². The van der Waals surface area contributed by atoms with Crippen LogP contribution in [0.15, 0.2) is 29.3 Å². The molecular formula is C17H28ClN5. The lowest BCUT2D eigenvalue weighted by Gasteiger charge is -2.21.